The number of hydrogen-bond acceptors (Lipinski definition) is 3. The molecule has 0 saturated carbocycles. The van der Waals surface area contributed by atoms with E-state index in [0.29, 0.717) is 16.1 Å². The summed E-state index contributed by atoms with van der Waals surface area (Å²) in [5.74, 6) is 0.692. The van der Waals surface area contributed by atoms with Crippen LogP contribution in [0.25, 0.3) is 0 Å². The molecule has 0 aliphatic carbocycles. The Bertz CT molecular complexity index is 609. The molecule has 1 N–H and O–H groups in total. The van der Waals surface area contributed by atoms with Crippen molar-refractivity contribution in [3.05, 3.63) is 52.4 Å². The van der Waals surface area contributed by atoms with Gasteiger partial charge in [0.1, 0.15) is 11.6 Å². The molecule has 0 fully saturated rings. The molecule has 2 aromatic rings. The molecule has 1 aromatic carbocycles. The van der Waals surface area contributed by atoms with Gasteiger partial charge in [0.2, 0.25) is 5.88 Å². The van der Waals surface area contributed by atoms with Crippen LogP contribution in [0.2, 0.25) is 0 Å². The fourth-order valence-corrected chi connectivity index (χ4v) is 2.05. The summed E-state index contributed by atoms with van der Waals surface area (Å²) < 4.78 is 19.2. The summed E-state index contributed by atoms with van der Waals surface area (Å²) in [6.07, 6.45) is 1.77. The molecule has 21 heavy (non-hydrogen) atoms. The Morgan fingerprint density at radius 3 is 2.57 bits per heavy atom. The average molecular weight is 353 g/mol. The van der Waals surface area contributed by atoms with Crippen LogP contribution in [0.1, 0.15) is 26.3 Å². The van der Waals surface area contributed by atoms with Crippen molar-refractivity contribution < 1.29 is 9.13 Å². The van der Waals surface area contributed by atoms with Gasteiger partial charge in [-0.25, -0.2) is 9.37 Å². The minimum absolute atomic E-state index is 0.0636. The van der Waals surface area contributed by atoms with Gasteiger partial charge in [0, 0.05) is 24.3 Å². The molecular formula is C16H18BrFN2O. The Balaban J connectivity index is 2.02. The Hall–Kier alpha value is -1.46. The first kappa shape index (κ1) is 15.9. The van der Waals surface area contributed by atoms with Gasteiger partial charge in [-0.15, -0.1) is 0 Å². The standard InChI is InChI=1S/C16H18BrFN2O/c1-16(2,3)20-10-11-4-7-15(19-9-11)21-14-6-5-12(18)8-13(14)17/h4-9,20H,10H2,1-3H3. The SMILES string of the molecule is CC(C)(C)NCc1ccc(Oc2ccc(F)cc2Br)nc1. The highest BCUT2D eigenvalue weighted by atomic mass is 79.9. The number of aromatic nitrogens is 1. The number of nitrogens with one attached hydrogen (secondary N) is 1. The van der Waals surface area contributed by atoms with Crippen LogP contribution in [0.5, 0.6) is 11.6 Å². The monoisotopic (exact) mass is 352 g/mol. The van der Waals surface area contributed by atoms with E-state index in [-0.39, 0.29) is 11.4 Å². The number of nitrogens with zero attached hydrogens (tertiary/aromatic N) is 1. The summed E-state index contributed by atoms with van der Waals surface area (Å²) in [6.45, 7) is 7.09. The van der Waals surface area contributed by atoms with Crippen molar-refractivity contribution in [2.45, 2.75) is 32.9 Å². The van der Waals surface area contributed by atoms with E-state index >= 15 is 0 Å². The Kier molecular flexibility index (Phi) is 4.96. The Morgan fingerprint density at radius 2 is 2.00 bits per heavy atom. The fourth-order valence-electron chi connectivity index (χ4n) is 1.61. The van der Waals surface area contributed by atoms with Gasteiger partial charge < -0.3 is 10.1 Å². The molecule has 2 rings (SSSR count). The molecule has 1 aromatic heterocycles. The van der Waals surface area contributed by atoms with Gasteiger partial charge in [-0.1, -0.05) is 6.07 Å². The lowest BCUT2D eigenvalue weighted by molar-refractivity contribution is 0.423. The molecule has 0 spiro atoms. The van der Waals surface area contributed by atoms with Crippen LogP contribution in [0, 0.1) is 5.82 Å². The highest BCUT2D eigenvalue weighted by Crippen LogP contribution is 2.29. The zero-order chi connectivity index (χ0) is 15.5. The van der Waals surface area contributed by atoms with Crippen molar-refractivity contribution >= 4 is 15.9 Å². The molecule has 0 atom stereocenters. The number of hydrogen-bond donors (Lipinski definition) is 1. The number of halogens is 2. The van der Waals surface area contributed by atoms with E-state index in [1.165, 1.54) is 12.1 Å². The quantitative estimate of drug-likeness (QED) is 0.868. The van der Waals surface area contributed by atoms with Crippen LogP contribution in [-0.4, -0.2) is 10.5 Å². The van der Waals surface area contributed by atoms with Crippen LogP contribution in [0.3, 0.4) is 0 Å². The van der Waals surface area contributed by atoms with Crippen molar-refractivity contribution in [2.24, 2.45) is 0 Å². The predicted molar refractivity (Wildman–Crippen MR) is 85.0 cm³/mol. The zero-order valence-corrected chi connectivity index (χ0v) is 13.9. The van der Waals surface area contributed by atoms with Crippen LogP contribution >= 0.6 is 15.9 Å². The van der Waals surface area contributed by atoms with Crippen molar-refractivity contribution in [1.29, 1.82) is 0 Å². The highest BCUT2D eigenvalue weighted by molar-refractivity contribution is 9.10. The van der Waals surface area contributed by atoms with Gasteiger partial charge in [-0.2, -0.15) is 0 Å². The summed E-state index contributed by atoms with van der Waals surface area (Å²) in [6, 6.07) is 8.03. The van der Waals surface area contributed by atoms with E-state index in [2.05, 4.69) is 47.0 Å². The van der Waals surface area contributed by atoms with Gasteiger partial charge in [-0.05, 0) is 60.5 Å². The number of ether oxygens (including phenoxy) is 1. The van der Waals surface area contributed by atoms with Crippen LogP contribution in [0.15, 0.2) is 41.0 Å². The lowest BCUT2D eigenvalue weighted by Crippen LogP contribution is -2.35. The first-order valence-electron chi connectivity index (χ1n) is 6.66. The van der Waals surface area contributed by atoms with Crippen molar-refractivity contribution in [1.82, 2.24) is 10.3 Å². The number of benzene rings is 1. The first-order valence-corrected chi connectivity index (χ1v) is 7.46. The third kappa shape index (κ3) is 5.10. The van der Waals surface area contributed by atoms with E-state index in [4.69, 9.17) is 4.74 Å². The number of rotatable bonds is 4. The van der Waals surface area contributed by atoms with Gasteiger partial charge in [0.05, 0.1) is 4.47 Å². The minimum Gasteiger partial charge on any atom is -0.438 e. The second-order valence-corrected chi connectivity index (χ2v) is 6.64. The van der Waals surface area contributed by atoms with Crippen molar-refractivity contribution in [3.63, 3.8) is 0 Å². The summed E-state index contributed by atoms with van der Waals surface area (Å²) in [5.41, 5.74) is 1.14. The molecule has 0 aliphatic rings. The smallest absolute Gasteiger partial charge is 0.219 e. The maximum atomic E-state index is 13.0. The second kappa shape index (κ2) is 6.54. The molecule has 1 heterocycles. The van der Waals surface area contributed by atoms with E-state index in [9.17, 15) is 4.39 Å². The molecule has 0 unspecified atom stereocenters. The van der Waals surface area contributed by atoms with Crippen LogP contribution in [-0.2, 0) is 6.54 Å². The third-order valence-corrected chi connectivity index (χ3v) is 3.35. The predicted octanol–water partition coefficient (Wildman–Crippen LogP) is 4.66. The molecule has 0 bridgehead atoms. The minimum atomic E-state index is -0.314. The largest absolute Gasteiger partial charge is 0.438 e. The molecule has 0 aliphatic heterocycles. The first-order chi connectivity index (χ1) is 9.83. The summed E-state index contributed by atoms with van der Waals surface area (Å²) in [5, 5.41) is 3.39. The maximum Gasteiger partial charge on any atom is 0.219 e. The van der Waals surface area contributed by atoms with Crippen LogP contribution in [0.4, 0.5) is 4.39 Å². The lowest BCUT2D eigenvalue weighted by Gasteiger charge is -2.20. The Labute approximate surface area is 132 Å². The van der Waals surface area contributed by atoms with Gasteiger partial charge in [0.25, 0.3) is 0 Å². The maximum absolute atomic E-state index is 13.0. The molecular weight excluding hydrogens is 335 g/mol. The normalized spacial score (nSPS) is 11.5. The van der Waals surface area contributed by atoms with E-state index < -0.39 is 0 Å². The third-order valence-electron chi connectivity index (χ3n) is 2.73. The van der Waals surface area contributed by atoms with E-state index in [1.54, 1.807) is 18.3 Å². The second-order valence-electron chi connectivity index (χ2n) is 5.79. The van der Waals surface area contributed by atoms with Crippen molar-refractivity contribution in [3.8, 4) is 11.6 Å². The molecule has 3 nitrogen and oxygen atoms in total. The average Bonchev–Trinajstić information content (AvgIpc) is 2.40. The van der Waals surface area contributed by atoms with Gasteiger partial charge in [0.15, 0.2) is 0 Å². The number of pyridine rings is 1. The van der Waals surface area contributed by atoms with E-state index in [1.807, 2.05) is 6.07 Å². The van der Waals surface area contributed by atoms with Crippen molar-refractivity contribution in [2.75, 3.05) is 0 Å². The van der Waals surface area contributed by atoms with Gasteiger partial charge >= 0.3 is 0 Å². The zero-order valence-electron chi connectivity index (χ0n) is 12.3. The highest BCUT2D eigenvalue weighted by Gasteiger charge is 2.09. The molecule has 0 saturated heterocycles. The van der Waals surface area contributed by atoms with Crippen LogP contribution < -0.4 is 10.1 Å². The molecule has 0 radical (unpaired) electrons. The topological polar surface area (TPSA) is 34.1 Å². The lowest BCUT2D eigenvalue weighted by atomic mass is 10.1. The van der Waals surface area contributed by atoms with E-state index in [0.717, 1.165) is 12.1 Å². The molecule has 5 heteroatoms. The van der Waals surface area contributed by atoms with Gasteiger partial charge in [-0.3, -0.25) is 0 Å². The summed E-state index contributed by atoms with van der Waals surface area (Å²) >= 11 is 3.26. The Morgan fingerprint density at radius 1 is 1.24 bits per heavy atom. The summed E-state index contributed by atoms with van der Waals surface area (Å²) in [7, 11) is 0. The fraction of sp³-hybridized carbons (Fsp3) is 0.312. The summed E-state index contributed by atoms with van der Waals surface area (Å²) in [4.78, 5) is 4.26. The molecule has 0 amide bonds. The molecule has 112 valence electrons.